The molecular formula is C26H28ClN9O2. The molecule has 38 heavy (non-hydrogen) atoms. The van der Waals surface area contributed by atoms with Crippen molar-refractivity contribution in [1.29, 1.82) is 0 Å². The minimum Gasteiger partial charge on any atom is -0.456 e. The van der Waals surface area contributed by atoms with E-state index in [4.69, 9.17) is 16.3 Å². The maximum absolute atomic E-state index is 10.3. The Bertz CT molecular complexity index is 1400. The number of hydrogen-bond acceptors (Lipinski definition) is 11. The lowest BCUT2D eigenvalue weighted by Crippen LogP contribution is -2.54. The van der Waals surface area contributed by atoms with E-state index < -0.39 is 0 Å². The number of hydrazine groups is 1. The fourth-order valence-corrected chi connectivity index (χ4v) is 4.94. The number of fused-ring (bicyclic) bond motifs is 2. The van der Waals surface area contributed by atoms with Gasteiger partial charge in [0.15, 0.2) is 17.9 Å². The molecule has 11 nitrogen and oxygen atoms in total. The van der Waals surface area contributed by atoms with Crippen LogP contribution in [0.2, 0.25) is 5.02 Å². The van der Waals surface area contributed by atoms with Gasteiger partial charge in [0.05, 0.1) is 17.3 Å². The molecule has 2 atom stereocenters. The number of nitrogens with one attached hydrogen (secondary N) is 3. The third kappa shape index (κ3) is 4.83. The Morgan fingerprint density at radius 1 is 1.26 bits per heavy atom. The lowest BCUT2D eigenvalue weighted by atomic mass is 9.81. The van der Waals surface area contributed by atoms with Crippen LogP contribution in [0.1, 0.15) is 26.0 Å². The van der Waals surface area contributed by atoms with Crippen molar-refractivity contribution in [3.63, 3.8) is 0 Å². The summed E-state index contributed by atoms with van der Waals surface area (Å²) >= 11 is 6.58. The molecule has 2 aromatic rings. The molecular weight excluding hydrogens is 506 g/mol. The highest BCUT2D eigenvalue weighted by molar-refractivity contribution is 6.32. The van der Waals surface area contributed by atoms with Crippen molar-refractivity contribution in [2.75, 3.05) is 23.7 Å². The number of amidine groups is 1. The number of aliphatic hydroxyl groups excluding tert-OH is 1. The Balaban J connectivity index is 1.17. The first-order valence-corrected chi connectivity index (χ1v) is 12.7. The van der Waals surface area contributed by atoms with Gasteiger partial charge in [0.1, 0.15) is 29.2 Å². The second-order valence-corrected chi connectivity index (χ2v) is 10.5. The molecule has 0 radical (unpaired) electrons. The molecule has 0 aliphatic carbocycles. The highest BCUT2D eigenvalue weighted by Crippen LogP contribution is 2.35. The molecule has 0 saturated carbocycles. The fraction of sp³-hybridized carbons (Fsp3) is 0.308. The normalized spacial score (nSPS) is 23.4. The number of hydrogen-bond donors (Lipinski definition) is 4. The molecule has 1 aromatic carbocycles. The van der Waals surface area contributed by atoms with Gasteiger partial charge in [-0.25, -0.2) is 20.0 Å². The second kappa shape index (κ2) is 9.75. The molecule has 5 heterocycles. The standard InChI is InChI=1S/C26H28ClN9O2/c1-26(2)14-35(9-6-21(26)37)25-29-13-19-23(34-25)24(31-15-30-19)33-16-3-4-20(18(27)11-16)38-17-5-10-36-22(12-17)28-7-8-32-36/h3-5,7-8,10-13,15,21,25,32,34,37H,6,9,14H2,1-2H3,(H,30,31,33). The van der Waals surface area contributed by atoms with E-state index in [-0.39, 0.29) is 17.8 Å². The van der Waals surface area contributed by atoms with Crippen molar-refractivity contribution in [2.24, 2.45) is 15.4 Å². The number of ether oxygens (including phenoxy) is 1. The largest absolute Gasteiger partial charge is 0.456 e. The molecule has 4 aliphatic heterocycles. The third-order valence-corrected chi connectivity index (χ3v) is 7.16. The van der Waals surface area contributed by atoms with E-state index in [1.165, 1.54) is 6.33 Å². The first-order chi connectivity index (χ1) is 18.4. The van der Waals surface area contributed by atoms with Crippen LogP contribution in [0.4, 0.5) is 17.2 Å². The second-order valence-electron chi connectivity index (χ2n) is 10.1. The number of allylic oxidation sites excluding steroid dienone is 1. The Morgan fingerprint density at radius 2 is 2.16 bits per heavy atom. The van der Waals surface area contributed by atoms with Crippen LogP contribution in [0.5, 0.6) is 5.75 Å². The molecule has 6 rings (SSSR count). The predicted molar refractivity (Wildman–Crippen MR) is 147 cm³/mol. The van der Waals surface area contributed by atoms with Gasteiger partial charge in [0.2, 0.25) is 0 Å². The number of nitrogens with zero attached hydrogens (tertiary/aromatic N) is 6. The van der Waals surface area contributed by atoms with E-state index in [9.17, 15) is 5.11 Å². The molecule has 1 fully saturated rings. The van der Waals surface area contributed by atoms with E-state index in [1.807, 2.05) is 24.4 Å². The summed E-state index contributed by atoms with van der Waals surface area (Å²) in [4.78, 5) is 20.0. The molecule has 12 heteroatoms. The van der Waals surface area contributed by atoms with Crippen LogP contribution in [0.3, 0.4) is 0 Å². The maximum atomic E-state index is 10.3. The molecule has 2 unspecified atom stereocenters. The number of aliphatic hydroxyl groups is 1. The number of aliphatic imine (C=N–C) groups is 2. The van der Waals surface area contributed by atoms with E-state index in [1.54, 1.807) is 35.8 Å². The van der Waals surface area contributed by atoms with Crippen molar-refractivity contribution < 1.29 is 9.84 Å². The predicted octanol–water partition coefficient (Wildman–Crippen LogP) is 3.57. The highest BCUT2D eigenvalue weighted by Gasteiger charge is 2.38. The maximum Gasteiger partial charge on any atom is 0.176 e. The first kappa shape index (κ1) is 24.4. The minimum absolute atomic E-state index is 0.217. The van der Waals surface area contributed by atoms with Gasteiger partial charge in [0, 0.05) is 48.9 Å². The van der Waals surface area contributed by atoms with Gasteiger partial charge in [-0.05, 0) is 30.7 Å². The number of anilines is 3. The van der Waals surface area contributed by atoms with Gasteiger partial charge >= 0.3 is 0 Å². The smallest absolute Gasteiger partial charge is 0.176 e. The Kier molecular flexibility index (Phi) is 6.26. The Morgan fingerprint density at radius 3 is 3.00 bits per heavy atom. The number of rotatable bonds is 5. The van der Waals surface area contributed by atoms with Crippen molar-refractivity contribution in [1.82, 2.24) is 25.3 Å². The molecule has 0 bridgehead atoms. The Labute approximate surface area is 225 Å². The Hall–Kier alpha value is -3.93. The average Bonchev–Trinajstić information content (AvgIpc) is 2.91. The third-order valence-electron chi connectivity index (χ3n) is 6.86. The summed E-state index contributed by atoms with van der Waals surface area (Å²) in [6.45, 7) is 5.61. The molecule has 4 aliphatic rings. The molecule has 1 saturated heterocycles. The summed E-state index contributed by atoms with van der Waals surface area (Å²) in [6.07, 6.45) is 12.3. The highest BCUT2D eigenvalue weighted by atomic mass is 35.5. The van der Waals surface area contributed by atoms with Gasteiger partial charge < -0.3 is 20.5 Å². The van der Waals surface area contributed by atoms with Crippen molar-refractivity contribution in [2.45, 2.75) is 32.7 Å². The van der Waals surface area contributed by atoms with Gasteiger partial charge in [-0.2, -0.15) is 0 Å². The van der Waals surface area contributed by atoms with E-state index in [0.717, 1.165) is 24.5 Å². The van der Waals surface area contributed by atoms with Crippen molar-refractivity contribution in [3.05, 3.63) is 71.8 Å². The average molecular weight is 534 g/mol. The van der Waals surface area contributed by atoms with Gasteiger partial charge in [0.25, 0.3) is 0 Å². The zero-order chi connectivity index (χ0) is 26.3. The SMILES string of the molecule is CC1(C)CN(C2N=Cc3ncnc(Nc4ccc(OC5=CC6=NC=CNN6C=C5)c(Cl)c4)c3N2)CCC1O. The summed E-state index contributed by atoms with van der Waals surface area (Å²) in [6, 6.07) is 5.47. The van der Waals surface area contributed by atoms with Crippen LogP contribution in [0.15, 0.2) is 71.0 Å². The molecule has 0 spiro atoms. The van der Waals surface area contributed by atoms with Crippen LogP contribution < -0.4 is 20.8 Å². The topological polar surface area (TPSA) is 123 Å². The molecule has 0 amide bonds. The summed E-state index contributed by atoms with van der Waals surface area (Å²) in [5, 5.41) is 19.4. The zero-order valence-corrected chi connectivity index (χ0v) is 21.7. The van der Waals surface area contributed by atoms with Crippen LogP contribution in [-0.4, -0.2) is 62.5 Å². The monoisotopic (exact) mass is 533 g/mol. The number of likely N-dealkylation sites (tertiary alicyclic amines) is 1. The van der Waals surface area contributed by atoms with Crippen LogP contribution >= 0.6 is 11.6 Å². The molecule has 4 N–H and O–H groups in total. The molecule has 1 aromatic heterocycles. The van der Waals surface area contributed by atoms with Crippen LogP contribution in [-0.2, 0) is 0 Å². The first-order valence-electron chi connectivity index (χ1n) is 12.4. The number of aromatic nitrogens is 2. The van der Waals surface area contributed by atoms with E-state index in [0.29, 0.717) is 40.3 Å². The van der Waals surface area contributed by atoms with Crippen LogP contribution in [0, 0.1) is 5.41 Å². The summed E-state index contributed by atoms with van der Waals surface area (Å²) < 4.78 is 6.01. The summed E-state index contributed by atoms with van der Waals surface area (Å²) in [5.41, 5.74) is 5.04. The zero-order valence-electron chi connectivity index (χ0n) is 21.0. The summed E-state index contributed by atoms with van der Waals surface area (Å²) in [5.74, 6) is 2.46. The lowest BCUT2D eigenvalue weighted by molar-refractivity contribution is -0.0336. The number of halogens is 1. The molecule has 196 valence electrons. The van der Waals surface area contributed by atoms with Gasteiger partial charge in [-0.3, -0.25) is 15.3 Å². The van der Waals surface area contributed by atoms with Crippen molar-refractivity contribution >= 4 is 40.8 Å². The number of benzene rings is 1. The van der Waals surface area contributed by atoms with Crippen molar-refractivity contribution in [3.8, 4) is 5.75 Å². The van der Waals surface area contributed by atoms with E-state index >= 15 is 0 Å². The van der Waals surface area contributed by atoms with E-state index in [2.05, 4.69) is 54.8 Å². The number of piperidine rings is 1. The van der Waals surface area contributed by atoms with Crippen LogP contribution in [0.25, 0.3) is 0 Å². The lowest BCUT2D eigenvalue weighted by Gasteiger charge is -2.44. The summed E-state index contributed by atoms with van der Waals surface area (Å²) in [7, 11) is 0. The quantitative estimate of drug-likeness (QED) is 0.456. The fourth-order valence-electron chi connectivity index (χ4n) is 4.72. The van der Waals surface area contributed by atoms with Gasteiger partial charge in [-0.15, -0.1) is 0 Å². The minimum atomic E-state index is -0.328. The van der Waals surface area contributed by atoms with Gasteiger partial charge in [-0.1, -0.05) is 25.4 Å².